The highest BCUT2D eigenvalue weighted by molar-refractivity contribution is 8.00. The van der Waals surface area contributed by atoms with Gasteiger partial charge in [-0.25, -0.2) is 14.8 Å². The van der Waals surface area contributed by atoms with Crippen LogP contribution in [0.15, 0.2) is 11.4 Å². The van der Waals surface area contributed by atoms with Crippen molar-refractivity contribution in [2.45, 2.75) is 52.0 Å². The van der Waals surface area contributed by atoms with Gasteiger partial charge in [0, 0.05) is 15.1 Å². The number of amides is 1. The maximum atomic E-state index is 12.8. The second-order valence-electron chi connectivity index (χ2n) is 7.76. The van der Waals surface area contributed by atoms with Crippen molar-refractivity contribution in [1.29, 1.82) is 0 Å². The van der Waals surface area contributed by atoms with E-state index in [1.807, 2.05) is 0 Å². The van der Waals surface area contributed by atoms with Crippen molar-refractivity contribution in [2.24, 2.45) is 5.92 Å². The zero-order valence-electron chi connectivity index (χ0n) is 18.0. The first-order valence-corrected chi connectivity index (χ1v) is 13.0. The van der Waals surface area contributed by atoms with E-state index in [1.54, 1.807) is 24.6 Å². The smallest absolute Gasteiger partial charge is 0.341 e. The molecule has 0 unspecified atom stereocenters. The van der Waals surface area contributed by atoms with Crippen LogP contribution in [-0.2, 0) is 22.4 Å². The molecule has 0 bridgehead atoms. The minimum atomic E-state index is -0.348. The number of thiophene rings is 2. The molecule has 3 heterocycles. The molecule has 1 aliphatic rings. The van der Waals surface area contributed by atoms with Crippen LogP contribution in [0.1, 0.15) is 51.5 Å². The summed E-state index contributed by atoms with van der Waals surface area (Å²) in [4.78, 5) is 37.5. The van der Waals surface area contributed by atoms with Crippen molar-refractivity contribution in [1.82, 2.24) is 9.97 Å². The van der Waals surface area contributed by atoms with Crippen molar-refractivity contribution < 1.29 is 14.3 Å². The molecule has 1 aliphatic carbocycles. The molecule has 1 amide bonds. The van der Waals surface area contributed by atoms with Crippen molar-refractivity contribution in [3.8, 4) is 0 Å². The zero-order valence-corrected chi connectivity index (χ0v) is 20.5. The summed E-state index contributed by atoms with van der Waals surface area (Å²) in [6.45, 7) is 8.46. The first-order valence-electron chi connectivity index (χ1n) is 10.3. The summed E-state index contributed by atoms with van der Waals surface area (Å²) in [5.41, 5.74) is 2.75. The van der Waals surface area contributed by atoms with Gasteiger partial charge in [0.1, 0.15) is 21.2 Å². The fraction of sp³-hybridized carbons (Fsp3) is 0.455. The lowest BCUT2D eigenvalue weighted by Gasteiger charge is -2.18. The van der Waals surface area contributed by atoms with Crippen LogP contribution < -0.4 is 5.32 Å². The number of nitrogens with zero attached hydrogens (tertiary/aromatic N) is 2. The standard InChI is InChI=1S/C22H25N3O3S3/c1-5-28-22(27)18-14-7-6-11(2)8-15(14)31-21(18)25-16(26)9-29-19-17-12(3)13(4)30-20(17)24-10-23-19/h10-11H,5-9H2,1-4H3,(H,25,26)/t11-/m0/s1. The van der Waals surface area contributed by atoms with Gasteiger partial charge in [-0.1, -0.05) is 18.7 Å². The summed E-state index contributed by atoms with van der Waals surface area (Å²) >= 11 is 4.55. The number of fused-ring (bicyclic) bond motifs is 2. The highest BCUT2D eigenvalue weighted by Crippen LogP contribution is 2.40. The Labute approximate surface area is 193 Å². The summed E-state index contributed by atoms with van der Waals surface area (Å²) in [7, 11) is 0. The molecule has 0 radical (unpaired) electrons. The molecule has 0 fully saturated rings. The molecule has 3 aromatic heterocycles. The lowest BCUT2D eigenvalue weighted by molar-refractivity contribution is -0.113. The predicted octanol–water partition coefficient (Wildman–Crippen LogP) is 5.40. The van der Waals surface area contributed by atoms with Gasteiger partial charge in [-0.2, -0.15) is 0 Å². The van der Waals surface area contributed by atoms with Crippen LogP contribution in [0.4, 0.5) is 5.00 Å². The average Bonchev–Trinajstić information content (AvgIpc) is 3.23. The molecule has 164 valence electrons. The summed E-state index contributed by atoms with van der Waals surface area (Å²) in [5.74, 6) is 0.289. The number of carbonyl (C=O) groups excluding carboxylic acids is 2. The molecule has 0 saturated heterocycles. The Hall–Kier alpha value is -1.97. The SMILES string of the molecule is CCOC(=O)c1c(NC(=O)CSc2ncnc3sc(C)c(C)c23)sc2c1CC[C@H](C)C2. The summed E-state index contributed by atoms with van der Waals surface area (Å²) in [6.07, 6.45) is 4.38. The van der Waals surface area contributed by atoms with Crippen LogP contribution in [-0.4, -0.2) is 34.2 Å². The topological polar surface area (TPSA) is 81.2 Å². The summed E-state index contributed by atoms with van der Waals surface area (Å²) in [6, 6.07) is 0. The van der Waals surface area contributed by atoms with Crippen molar-refractivity contribution >= 4 is 61.5 Å². The van der Waals surface area contributed by atoms with Crippen molar-refractivity contribution in [3.05, 3.63) is 32.8 Å². The molecule has 9 heteroatoms. The van der Waals surface area contributed by atoms with Crippen LogP contribution >= 0.6 is 34.4 Å². The van der Waals surface area contributed by atoms with Gasteiger partial charge in [0.2, 0.25) is 5.91 Å². The Bertz CT molecular complexity index is 1150. The Morgan fingerprint density at radius 3 is 2.87 bits per heavy atom. The molecule has 3 aromatic rings. The Morgan fingerprint density at radius 2 is 2.10 bits per heavy atom. The highest BCUT2D eigenvalue weighted by atomic mass is 32.2. The molecule has 1 atom stereocenters. The number of aryl methyl sites for hydroxylation is 2. The third-order valence-electron chi connectivity index (χ3n) is 5.51. The maximum Gasteiger partial charge on any atom is 0.341 e. The van der Waals surface area contributed by atoms with Gasteiger partial charge in [0.15, 0.2) is 0 Å². The van der Waals surface area contributed by atoms with Crippen LogP contribution in [0, 0.1) is 19.8 Å². The number of hydrogen-bond donors (Lipinski definition) is 1. The van der Waals surface area contributed by atoms with Gasteiger partial charge in [-0.05, 0) is 57.1 Å². The number of carbonyl (C=O) groups is 2. The molecular weight excluding hydrogens is 450 g/mol. The molecule has 1 N–H and O–H groups in total. The number of hydrogen-bond acceptors (Lipinski definition) is 8. The minimum Gasteiger partial charge on any atom is -0.462 e. The second kappa shape index (κ2) is 9.26. The number of ether oxygens (including phenoxy) is 1. The number of esters is 1. The first-order chi connectivity index (χ1) is 14.9. The number of rotatable bonds is 6. The van der Waals surface area contributed by atoms with Gasteiger partial charge in [-0.15, -0.1) is 22.7 Å². The number of anilines is 1. The van der Waals surface area contributed by atoms with E-state index >= 15 is 0 Å². The predicted molar refractivity (Wildman–Crippen MR) is 128 cm³/mol. The molecule has 4 rings (SSSR count). The normalized spacial score (nSPS) is 15.7. The molecule has 0 spiro atoms. The van der Waals surface area contributed by atoms with Crippen LogP contribution in [0.25, 0.3) is 10.2 Å². The maximum absolute atomic E-state index is 12.8. The molecular formula is C22H25N3O3S3. The quantitative estimate of drug-likeness (QED) is 0.292. The molecule has 0 saturated carbocycles. The van der Waals surface area contributed by atoms with Crippen LogP contribution in [0.5, 0.6) is 0 Å². The molecule has 31 heavy (non-hydrogen) atoms. The van der Waals surface area contributed by atoms with Crippen molar-refractivity contribution in [3.63, 3.8) is 0 Å². The molecule has 0 aromatic carbocycles. The lowest BCUT2D eigenvalue weighted by atomic mass is 9.88. The summed E-state index contributed by atoms with van der Waals surface area (Å²) < 4.78 is 5.29. The minimum absolute atomic E-state index is 0.154. The Balaban J connectivity index is 1.53. The van der Waals surface area contributed by atoms with E-state index in [0.29, 0.717) is 23.1 Å². The van der Waals surface area contributed by atoms with E-state index in [4.69, 9.17) is 4.74 Å². The van der Waals surface area contributed by atoms with Crippen molar-refractivity contribution in [2.75, 3.05) is 17.7 Å². The molecule has 0 aliphatic heterocycles. The summed E-state index contributed by atoms with van der Waals surface area (Å²) in [5, 5.41) is 5.42. The first kappa shape index (κ1) is 22.2. The van der Waals surface area contributed by atoms with Gasteiger partial charge in [0.25, 0.3) is 0 Å². The van der Waals surface area contributed by atoms with Gasteiger partial charge in [-0.3, -0.25) is 4.79 Å². The van der Waals surface area contributed by atoms with Crippen LogP contribution in [0.2, 0.25) is 0 Å². The van der Waals surface area contributed by atoms with E-state index < -0.39 is 0 Å². The third-order valence-corrected chi connectivity index (χ3v) is 8.79. The van der Waals surface area contributed by atoms with Gasteiger partial charge >= 0.3 is 5.97 Å². The fourth-order valence-electron chi connectivity index (χ4n) is 3.81. The number of nitrogens with one attached hydrogen (secondary N) is 1. The van der Waals surface area contributed by atoms with E-state index in [2.05, 4.69) is 36.1 Å². The second-order valence-corrected chi connectivity index (χ2v) is 11.0. The monoisotopic (exact) mass is 475 g/mol. The Morgan fingerprint density at radius 1 is 1.29 bits per heavy atom. The van der Waals surface area contributed by atoms with E-state index in [1.165, 1.54) is 32.9 Å². The van der Waals surface area contributed by atoms with Gasteiger partial charge in [0.05, 0.1) is 17.9 Å². The van der Waals surface area contributed by atoms with Gasteiger partial charge < -0.3 is 10.1 Å². The zero-order chi connectivity index (χ0) is 22.1. The lowest BCUT2D eigenvalue weighted by Crippen LogP contribution is -2.17. The number of thioether (sulfide) groups is 1. The third kappa shape index (κ3) is 4.49. The molecule has 6 nitrogen and oxygen atoms in total. The van der Waals surface area contributed by atoms with E-state index in [-0.39, 0.29) is 17.6 Å². The number of aromatic nitrogens is 2. The average molecular weight is 476 g/mol. The van der Waals surface area contributed by atoms with E-state index in [0.717, 1.165) is 45.6 Å². The Kier molecular flexibility index (Phi) is 6.64. The van der Waals surface area contributed by atoms with E-state index in [9.17, 15) is 9.59 Å². The highest BCUT2D eigenvalue weighted by Gasteiger charge is 2.29. The van der Waals surface area contributed by atoms with Crippen LogP contribution in [0.3, 0.4) is 0 Å². The largest absolute Gasteiger partial charge is 0.462 e. The fourth-order valence-corrected chi connectivity index (χ4v) is 7.15.